The van der Waals surface area contributed by atoms with Crippen molar-refractivity contribution in [1.82, 2.24) is 5.32 Å². The topological polar surface area (TPSA) is 201 Å². The summed E-state index contributed by atoms with van der Waals surface area (Å²) in [6, 6.07) is 23.6. The van der Waals surface area contributed by atoms with Crippen LogP contribution in [0.5, 0.6) is 0 Å². The first-order chi connectivity index (χ1) is 29.3. The lowest BCUT2D eigenvalue weighted by Gasteiger charge is -2.68. The lowest BCUT2D eigenvalue weighted by Crippen LogP contribution is -2.80. The number of rotatable bonds is 10. The van der Waals surface area contributed by atoms with Crippen molar-refractivity contribution < 1.29 is 62.7 Å². The van der Waals surface area contributed by atoms with E-state index in [4.69, 9.17) is 23.7 Å². The molecule has 4 aliphatic rings. The van der Waals surface area contributed by atoms with Gasteiger partial charge in [0.15, 0.2) is 23.6 Å². The van der Waals surface area contributed by atoms with Gasteiger partial charge in [0.1, 0.15) is 18.3 Å². The van der Waals surface area contributed by atoms with E-state index in [1.807, 2.05) is 13.8 Å². The number of aliphatic hydroxyl groups is 2. The third-order valence-electron chi connectivity index (χ3n) is 14.1. The zero-order valence-electron chi connectivity index (χ0n) is 35.8. The van der Waals surface area contributed by atoms with Crippen molar-refractivity contribution in [2.24, 2.45) is 22.2 Å². The summed E-state index contributed by atoms with van der Waals surface area (Å²) in [5.41, 5.74) is -4.65. The van der Waals surface area contributed by atoms with Crippen molar-refractivity contribution >= 4 is 35.6 Å². The Hall–Kier alpha value is -5.70. The monoisotopic (exact) mass is 851 g/mol. The highest BCUT2D eigenvalue weighted by Crippen LogP contribution is 2.67. The van der Waals surface area contributed by atoms with E-state index in [0.29, 0.717) is 16.7 Å². The SMILES string of the molecule is CC(=O)O[C@H]1C(=O)[C@@]2(C)C([C@@H](OC(=O)c3ccccc3)[C@]3(C)C[C@@H](OC(=O)[C@H](O)[C@H](NC(=O)c4ccccc4)c4ccccc4)C(C)=C1C3(C)C)[C@]1(OC(C)=O)CO[C@@H]1C[C@@H]2O. The molecule has 3 N–H and O–H groups in total. The van der Waals surface area contributed by atoms with E-state index < -0.39 is 106 Å². The predicted molar refractivity (Wildman–Crippen MR) is 221 cm³/mol. The molecule has 1 saturated heterocycles. The second kappa shape index (κ2) is 16.5. The number of Topliss-reactive ketones (excluding diaryl/α,β-unsaturated/α-hetero) is 1. The second-order valence-electron chi connectivity index (χ2n) is 17.8. The maximum absolute atomic E-state index is 15.6. The zero-order valence-corrected chi connectivity index (χ0v) is 35.8. The Morgan fingerprint density at radius 1 is 0.806 bits per heavy atom. The van der Waals surface area contributed by atoms with E-state index in [-0.39, 0.29) is 30.6 Å². The normalized spacial score (nSPS) is 31.9. The number of carbonyl (C=O) groups is 6. The van der Waals surface area contributed by atoms with Crippen molar-refractivity contribution in [3.63, 3.8) is 0 Å². The highest BCUT2D eigenvalue weighted by Gasteiger charge is 2.77. The van der Waals surface area contributed by atoms with E-state index in [1.54, 1.807) is 105 Å². The molecule has 0 radical (unpaired) electrons. The van der Waals surface area contributed by atoms with Gasteiger partial charge < -0.3 is 39.2 Å². The number of fused-ring (bicyclic) bond motifs is 5. The second-order valence-corrected chi connectivity index (χ2v) is 17.8. The quantitative estimate of drug-likeness (QED) is 0.140. The van der Waals surface area contributed by atoms with Crippen LogP contribution in [0.4, 0.5) is 0 Å². The number of nitrogens with one attached hydrogen (secondary N) is 1. The summed E-state index contributed by atoms with van der Waals surface area (Å²) in [5, 5.41) is 26.7. The van der Waals surface area contributed by atoms with Crippen LogP contribution < -0.4 is 5.32 Å². The Balaban J connectivity index is 1.39. The van der Waals surface area contributed by atoms with Gasteiger partial charge >= 0.3 is 23.9 Å². The first-order valence-electron chi connectivity index (χ1n) is 20.7. The molecule has 14 nitrogen and oxygen atoms in total. The van der Waals surface area contributed by atoms with Crippen molar-refractivity contribution in [2.75, 3.05) is 6.61 Å². The van der Waals surface area contributed by atoms with Gasteiger partial charge in [-0.05, 0) is 66.7 Å². The molecule has 7 rings (SSSR count). The van der Waals surface area contributed by atoms with Crippen molar-refractivity contribution in [3.05, 3.63) is 119 Å². The molecule has 2 bridgehead atoms. The molecular formula is C48H53NO13. The molecule has 3 aliphatic carbocycles. The van der Waals surface area contributed by atoms with Gasteiger partial charge in [-0.3, -0.25) is 19.2 Å². The number of aliphatic hydroxyl groups excluding tert-OH is 2. The Morgan fingerprint density at radius 2 is 1.39 bits per heavy atom. The van der Waals surface area contributed by atoms with Gasteiger partial charge in [0.05, 0.1) is 35.6 Å². The standard InChI is InChI=1S/C48H53NO13/c1-26-32(60-44(57)37(53)36(29-17-11-8-12-18-29)49-42(55)30-19-13-9-14-20-30)24-46(6)41(61-43(56)31-21-15-10-16-22-31)39-47(7,33(52)23-34-48(39,25-58-34)62-28(3)51)40(54)38(59-27(2)50)35(26)45(46,4)5/h8-22,32-34,36-39,41,52-53H,23-25H2,1-7H3,(H,49,55)/t32-,33+,34-,36-,37-,38-,39?,41-,46+,47-,48+/m1/s1. The molecule has 0 aromatic heterocycles. The Kier molecular flexibility index (Phi) is 11.8. The molecular weight excluding hydrogens is 799 g/mol. The Labute approximate surface area is 359 Å². The Bertz CT molecular complexity index is 2280. The predicted octanol–water partition coefficient (Wildman–Crippen LogP) is 5.01. The zero-order chi connectivity index (χ0) is 44.9. The summed E-state index contributed by atoms with van der Waals surface area (Å²) in [5.74, 6) is -6.01. The molecule has 14 heteroatoms. The molecule has 0 spiro atoms. The van der Waals surface area contributed by atoms with Gasteiger partial charge in [-0.15, -0.1) is 0 Å². The lowest BCUT2D eigenvalue weighted by molar-refractivity contribution is -0.340. The maximum Gasteiger partial charge on any atom is 0.338 e. The van der Waals surface area contributed by atoms with Crippen LogP contribution in [0, 0.1) is 22.2 Å². The van der Waals surface area contributed by atoms with Crippen LogP contribution in [0.1, 0.15) is 93.6 Å². The smallest absolute Gasteiger partial charge is 0.338 e. The number of carbonyl (C=O) groups excluding carboxylic acids is 6. The number of ether oxygens (including phenoxy) is 5. The molecule has 3 aromatic carbocycles. The van der Waals surface area contributed by atoms with E-state index in [0.717, 1.165) is 6.92 Å². The highest BCUT2D eigenvalue weighted by molar-refractivity contribution is 5.96. The molecule has 1 amide bonds. The van der Waals surface area contributed by atoms with E-state index in [2.05, 4.69) is 5.32 Å². The average Bonchev–Trinajstić information content (AvgIpc) is 3.24. The third kappa shape index (κ3) is 7.31. The van der Waals surface area contributed by atoms with Gasteiger partial charge in [0, 0.05) is 31.2 Å². The lowest BCUT2D eigenvalue weighted by atomic mass is 9.42. The number of esters is 4. The molecule has 3 aromatic rings. The summed E-state index contributed by atoms with van der Waals surface area (Å²) < 4.78 is 31.0. The van der Waals surface area contributed by atoms with Gasteiger partial charge in [-0.1, -0.05) is 87.5 Å². The first-order valence-corrected chi connectivity index (χ1v) is 20.7. The fourth-order valence-electron chi connectivity index (χ4n) is 10.5. The van der Waals surface area contributed by atoms with E-state index in [9.17, 15) is 34.2 Å². The van der Waals surface area contributed by atoms with Crippen LogP contribution in [-0.4, -0.2) is 94.6 Å². The van der Waals surface area contributed by atoms with E-state index >= 15 is 4.79 Å². The molecule has 11 atom stereocenters. The third-order valence-corrected chi connectivity index (χ3v) is 14.1. The molecule has 62 heavy (non-hydrogen) atoms. The van der Waals surface area contributed by atoms with Gasteiger partial charge in [-0.25, -0.2) is 9.59 Å². The number of ketones is 1. The highest BCUT2D eigenvalue weighted by atomic mass is 16.6. The number of amides is 1. The average molecular weight is 852 g/mol. The van der Waals surface area contributed by atoms with Gasteiger partial charge in [0.2, 0.25) is 0 Å². The minimum absolute atomic E-state index is 0.0990. The number of hydrogen-bond donors (Lipinski definition) is 3. The minimum atomic E-state index is -1.95. The minimum Gasteiger partial charge on any atom is -0.458 e. The van der Waals surface area contributed by atoms with Gasteiger partial charge in [0.25, 0.3) is 5.91 Å². The fourth-order valence-corrected chi connectivity index (χ4v) is 10.5. The molecule has 1 unspecified atom stereocenters. The summed E-state index contributed by atoms with van der Waals surface area (Å²) >= 11 is 0. The summed E-state index contributed by atoms with van der Waals surface area (Å²) in [4.78, 5) is 83.9. The van der Waals surface area contributed by atoms with Crippen LogP contribution in [-0.2, 0) is 42.9 Å². The molecule has 2 saturated carbocycles. The molecule has 1 aliphatic heterocycles. The van der Waals surface area contributed by atoms with Crippen molar-refractivity contribution in [3.8, 4) is 0 Å². The van der Waals surface area contributed by atoms with Gasteiger partial charge in [-0.2, -0.15) is 0 Å². The largest absolute Gasteiger partial charge is 0.458 e. The van der Waals surface area contributed by atoms with Crippen LogP contribution in [0.3, 0.4) is 0 Å². The fraction of sp³-hybridized carbons (Fsp3) is 0.458. The summed E-state index contributed by atoms with van der Waals surface area (Å²) in [6.45, 7) is 10.7. The maximum atomic E-state index is 15.6. The van der Waals surface area contributed by atoms with Crippen molar-refractivity contribution in [1.29, 1.82) is 0 Å². The molecule has 3 fully saturated rings. The molecule has 1 heterocycles. The Morgan fingerprint density at radius 3 is 1.94 bits per heavy atom. The summed E-state index contributed by atoms with van der Waals surface area (Å²) in [6.07, 6.45) is -8.83. The first kappa shape index (κ1) is 44.4. The van der Waals surface area contributed by atoms with E-state index in [1.165, 1.54) is 13.8 Å². The summed E-state index contributed by atoms with van der Waals surface area (Å²) in [7, 11) is 0. The van der Waals surface area contributed by atoms with Crippen LogP contribution in [0.25, 0.3) is 0 Å². The van der Waals surface area contributed by atoms with Crippen LogP contribution in [0.2, 0.25) is 0 Å². The number of benzene rings is 3. The van der Waals surface area contributed by atoms with Crippen LogP contribution in [0.15, 0.2) is 102 Å². The van der Waals surface area contributed by atoms with Crippen molar-refractivity contribution in [2.45, 2.75) is 110 Å². The number of hydrogen-bond acceptors (Lipinski definition) is 13. The van der Waals surface area contributed by atoms with Crippen LogP contribution >= 0.6 is 0 Å². The molecule has 328 valence electrons.